The normalized spacial score (nSPS) is 15.6. The molecule has 2 N–H and O–H groups in total. The quantitative estimate of drug-likeness (QED) is 0.594. The van der Waals surface area contributed by atoms with Gasteiger partial charge in [0, 0.05) is 28.7 Å². The highest BCUT2D eigenvalue weighted by atomic mass is 35.5. The molecule has 0 fully saturated rings. The molecule has 0 saturated carbocycles. The smallest absolute Gasteiger partial charge is 0.165 e. The van der Waals surface area contributed by atoms with E-state index in [0.717, 1.165) is 41.4 Å². The fourth-order valence-electron chi connectivity index (χ4n) is 3.68. The Labute approximate surface area is 168 Å². The first-order chi connectivity index (χ1) is 13.2. The van der Waals surface area contributed by atoms with Crippen LogP contribution in [0.2, 0.25) is 0 Å². The standard InChI is InChI=1S/C21H22F2N2O2.ClH/c1-26-20-7-5-18(23)21-17(20)10-15(12-27-21)24-8-2-3-13-11-25-19-6-4-14(22)9-16(13)19;/h4-7,9,11,15,24-25H,2-3,8,10,12H2,1H3;1H. The fraction of sp³-hybridized carbons (Fsp3) is 0.333. The number of hydrogen-bond donors (Lipinski definition) is 2. The van der Waals surface area contributed by atoms with E-state index in [0.29, 0.717) is 24.5 Å². The Balaban J connectivity index is 0.00000225. The summed E-state index contributed by atoms with van der Waals surface area (Å²) >= 11 is 0. The molecule has 1 aliphatic heterocycles. The minimum absolute atomic E-state index is 0. The lowest BCUT2D eigenvalue weighted by Gasteiger charge is -2.27. The van der Waals surface area contributed by atoms with E-state index < -0.39 is 0 Å². The summed E-state index contributed by atoms with van der Waals surface area (Å²) in [6.07, 6.45) is 4.36. The number of benzene rings is 2. The maximum atomic E-state index is 13.9. The minimum atomic E-state index is -0.351. The van der Waals surface area contributed by atoms with E-state index in [-0.39, 0.29) is 30.1 Å². The van der Waals surface area contributed by atoms with Crippen LogP contribution in [0.5, 0.6) is 11.5 Å². The van der Waals surface area contributed by atoms with Crippen molar-refractivity contribution in [3.8, 4) is 11.5 Å². The lowest BCUT2D eigenvalue weighted by atomic mass is 10.0. The maximum absolute atomic E-state index is 13.9. The lowest BCUT2D eigenvalue weighted by Crippen LogP contribution is -2.40. The Morgan fingerprint density at radius 2 is 2.11 bits per heavy atom. The molecule has 1 aromatic heterocycles. The number of aryl methyl sites for hydroxylation is 1. The number of aromatic nitrogens is 1. The molecule has 0 radical (unpaired) electrons. The number of aromatic amines is 1. The maximum Gasteiger partial charge on any atom is 0.165 e. The van der Waals surface area contributed by atoms with Gasteiger partial charge in [-0.2, -0.15) is 0 Å². The van der Waals surface area contributed by atoms with E-state index in [4.69, 9.17) is 9.47 Å². The molecule has 1 unspecified atom stereocenters. The molecule has 0 saturated heterocycles. The van der Waals surface area contributed by atoms with E-state index in [1.165, 1.54) is 12.1 Å². The molecule has 4 rings (SSSR count). The van der Waals surface area contributed by atoms with Crippen molar-refractivity contribution in [1.82, 2.24) is 10.3 Å². The second-order valence-corrected chi connectivity index (χ2v) is 6.83. The number of ether oxygens (including phenoxy) is 2. The van der Waals surface area contributed by atoms with Crippen LogP contribution in [0, 0.1) is 11.6 Å². The average molecular weight is 409 g/mol. The van der Waals surface area contributed by atoms with Crippen molar-refractivity contribution in [1.29, 1.82) is 0 Å². The zero-order chi connectivity index (χ0) is 18.8. The summed E-state index contributed by atoms with van der Waals surface area (Å²) in [6, 6.07) is 7.90. The van der Waals surface area contributed by atoms with Crippen LogP contribution in [0.25, 0.3) is 10.9 Å². The number of hydrogen-bond acceptors (Lipinski definition) is 3. The third-order valence-corrected chi connectivity index (χ3v) is 5.05. The molecule has 0 aliphatic carbocycles. The van der Waals surface area contributed by atoms with Gasteiger partial charge in [-0.1, -0.05) is 0 Å². The highest BCUT2D eigenvalue weighted by molar-refractivity contribution is 5.85. The summed E-state index contributed by atoms with van der Waals surface area (Å²) in [5.41, 5.74) is 2.83. The molecule has 0 bridgehead atoms. The van der Waals surface area contributed by atoms with Crippen molar-refractivity contribution >= 4 is 23.3 Å². The van der Waals surface area contributed by atoms with Gasteiger partial charge < -0.3 is 19.8 Å². The number of nitrogens with one attached hydrogen (secondary N) is 2. The van der Waals surface area contributed by atoms with Crippen LogP contribution >= 0.6 is 12.4 Å². The zero-order valence-electron chi connectivity index (χ0n) is 15.6. The molecule has 7 heteroatoms. The zero-order valence-corrected chi connectivity index (χ0v) is 16.4. The van der Waals surface area contributed by atoms with Crippen LogP contribution in [0.4, 0.5) is 8.78 Å². The van der Waals surface area contributed by atoms with E-state index in [1.54, 1.807) is 25.3 Å². The number of methoxy groups -OCH3 is 1. The summed E-state index contributed by atoms with van der Waals surface area (Å²) in [4.78, 5) is 3.18. The molecule has 28 heavy (non-hydrogen) atoms. The van der Waals surface area contributed by atoms with Crippen molar-refractivity contribution in [2.75, 3.05) is 20.3 Å². The molecular weight excluding hydrogens is 386 g/mol. The van der Waals surface area contributed by atoms with Gasteiger partial charge in [-0.25, -0.2) is 8.78 Å². The predicted molar refractivity (Wildman–Crippen MR) is 108 cm³/mol. The van der Waals surface area contributed by atoms with Gasteiger partial charge in [-0.3, -0.25) is 0 Å². The van der Waals surface area contributed by atoms with Crippen molar-refractivity contribution in [2.45, 2.75) is 25.3 Å². The average Bonchev–Trinajstić information content (AvgIpc) is 3.07. The van der Waals surface area contributed by atoms with Crippen molar-refractivity contribution in [3.05, 3.63) is 59.3 Å². The number of halogens is 3. The Bertz CT molecular complexity index is 961. The Hall–Kier alpha value is -2.31. The van der Waals surface area contributed by atoms with Crippen LogP contribution in [0.1, 0.15) is 17.5 Å². The molecule has 2 aromatic carbocycles. The second-order valence-electron chi connectivity index (χ2n) is 6.83. The van der Waals surface area contributed by atoms with Crippen LogP contribution < -0.4 is 14.8 Å². The third-order valence-electron chi connectivity index (χ3n) is 5.05. The highest BCUT2D eigenvalue weighted by Gasteiger charge is 2.25. The van der Waals surface area contributed by atoms with Gasteiger partial charge in [0.1, 0.15) is 18.2 Å². The van der Waals surface area contributed by atoms with Crippen molar-refractivity contribution in [3.63, 3.8) is 0 Å². The molecule has 150 valence electrons. The SMILES string of the molecule is COc1ccc(F)c2c1CC(NCCCc1c[nH]c3ccc(F)cc13)CO2.Cl. The molecule has 1 aliphatic rings. The van der Waals surface area contributed by atoms with Crippen molar-refractivity contribution < 1.29 is 18.3 Å². The van der Waals surface area contributed by atoms with Crippen molar-refractivity contribution in [2.24, 2.45) is 0 Å². The monoisotopic (exact) mass is 408 g/mol. The molecule has 2 heterocycles. The van der Waals surface area contributed by atoms with Gasteiger partial charge >= 0.3 is 0 Å². The van der Waals surface area contributed by atoms with Gasteiger partial charge in [0.05, 0.1) is 7.11 Å². The summed E-state index contributed by atoms with van der Waals surface area (Å²) in [5, 5.41) is 4.40. The van der Waals surface area contributed by atoms with Crippen LogP contribution in [0.3, 0.4) is 0 Å². The number of rotatable bonds is 6. The van der Waals surface area contributed by atoms with Gasteiger partial charge in [0.15, 0.2) is 11.6 Å². The van der Waals surface area contributed by atoms with Crippen LogP contribution in [0.15, 0.2) is 36.5 Å². The first-order valence-corrected chi connectivity index (χ1v) is 9.13. The molecule has 1 atom stereocenters. The van der Waals surface area contributed by atoms with E-state index in [2.05, 4.69) is 10.3 Å². The number of H-pyrrole nitrogens is 1. The van der Waals surface area contributed by atoms with Gasteiger partial charge in [0.2, 0.25) is 0 Å². The van der Waals surface area contributed by atoms with Gasteiger partial charge in [-0.15, -0.1) is 12.4 Å². The van der Waals surface area contributed by atoms with Crippen LogP contribution in [-0.2, 0) is 12.8 Å². The lowest BCUT2D eigenvalue weighted by molar-refractivity contribution is 0.224. The first-order valence-electron chi connectivity index (χ1n) is 9.13. The summed E-state index contributed by atoms with van der Waals surface area (Å²) < 4.78 is 38.3. The third kappa shape index (κ3) is 4.08. The number of fused-ring (bicyclic) bond motifs is 2. The molecule has 4 nitrogen and oxygen atoms in total. The first kappa shape index (κ1) is 20.4. The molecule has 0 amide bonds. The van der Waals surface area contributed by atoms with Gasteiger partial charge in [0.25, 0.3) is 0 Å². The Morgan fingerprint density at radius 1 is 1.25 bits per heavy atom. The largest absolute Gasteiger partial charge is 0.496 e. The topological polar surface area (TPSA) is 46.3 Å². The summed E-state index contributed by atoms with van der Waals surface area (Å²) in [5.74, 6) is 0.378. The second kappa shape index (κ2) is 8.80. The van der Waals surface area contributed by atoms with Gasteiger partial charge in [-0.05, 0) is 61.7 Å². The molecular formula is C21H23ClF2N2O2. The Morgan fingerprint density at radius 3 is 2.93 bits per heavy atom. The fourth-order valence-corrected chi connectivity index (χ4v) is 3.68. The predicted octanol–water partition coefficient (Wildman–Crippen LogP) is 4.40. The van der Waals surface area contributed by atoms with E-state index >= 15 is 0 Å². The van der Waals surface area contributed by atoms with E-state index in [9.17, 15) is 8.78 Å². The molecule has 3 aromatic rings. The molecule has 0 spiro atoms. The van der Waals surface area contributed by atoms with Crippen LogP contribution in [-0.4, -0.2) is 31.3 Å². The summed E-state index contributed by atoms with van der Waals surface area (Å²) in [6.45, 7) is 1.22. The highest BCUT2D eigenvalue weighted by Crippen LogP contribution is 2.35. The Kier molecular flexibility index (Phi) is 6.42. The minimum Gasteiger partial charge on any atom is -0.496 e. The summed E-state index contributed by atoms with van der Waals surface area (Å²) in [7, 11) is 1.58. The van der Waals surface area contributed by atoms with E-state index in [1.807, 2.05) is 6.20 Å².